The first kappa shape index (κ1) is 16.6. The van der Waals surface area contributed by atoms with Gasteiger partial charge in [0.25, 0.3) is 10.0 Å². The largest absolute Gasteiger partial charge is 0.280 e. The Labute approximate surface area is 142 Å². The van der Waals surface area contributed by atoms with E-state index >= 15 is 0 Å². The van der Waals surface area contributed by atoms with E-state index in [0.717, 1.165) is 10.0 Å². The molecule has 21 heavy (non-hydrogen) atoms. The summed E-state index contributed by atoms with van der Waals surface area (Å²) in [6.45, 7) is 3.57. The zero-order valence-electron chi connectivity index (χ0n) is 11.2. The molecule has 1 N–H and O–H groups in total. The fourth-order valence-corrected chi connectivity index (χ4v) is 4.20. The minimum Gasteiger partial charge on any atom is -0.280 e. The van der Waals surface area contributed by atoms with E-state index < -0.39 is 10.0 Å². The van der Waals surface area contributed by atoms with Crippen LogP contribution in [-0.2, 0) is 10.0 Å². The summed E-state index contributed by atoms with van der Waals surface area (Å²) in [6.07, 6.45) is 0. The molecule has 2 aromatic rings. The third-order valence-corrected chi connectivity index (χ3v) is 5.67. The number of hydrogen-bond donors (Lipinski definition) is 1. The van der Waals surface area contributed by atoms with Crippen LogP contribution in [-0.4, -0.2) is 8.42 Å². The van der Waals surface area contributed by atoms with Crippen molar-refractivity contribution in [2.75, 3.05) is 4.72 Å². The van der Waals surface area contributed by atoms with E-state index in [-0.39, 0.29) is 4.90 Å². The van der Waals surface area contributed by atoms with E-state index in [1.165, 1.54) is 18.2 Å². The molecule has 0 aromatic heterocycles. The zero-order valence-corrected chi connectivity index (χ0v) is 15.2. The second kappa shape index (κ2) is 6.16. The number of benzene rings is 2. The molecule has 2 rings (SSSR count). The standard InChI is InChI=1S/C14H12BrCl2NO2S/c1-8-4-14(9(2)3-13(8)15)21(19,20)18-12-6-10(16)5-11(17)7-12/h3-7,18H,1-2H3. The van der Waals surface area contributed by atoms with E-state index in [0.29, 0.717) is 21.3 Å². The molecule has 0 bridgehead atoms. The Balaban J connectivity index is 2.45. The Kier molecular flexibility index (Phi) is 4.88. The number of aryl methyl sites for hydroxylation is 2. The lowest BCUT2D eigenvalue weighted by Gasteiger charge is -2.12. The van der Waals surface area contributed by atoms with Crippen molar-refractivity contribution in [3.8, 4) is 0 Å². The summed E-state index contributed by atoms with van der Waals surface area (Å²) in [5, 5.41) is 0.729. The van der Waals surface area contributed by atoms with Crippen LogP contribution in [0.3, 0.4) is 0 Å². The van der Waals surface area contributed by atoms with Gasteiger partial charge in [0.05, 0.1) is 10.6 Å². The first-order chi connectivity index (χ1) is 9.69. The molecule has 7 heteroatoms. The second-order valence-electron chi connectivity index (χ2n) is 4.63. The van der Waals surface area contributed by atoms with Crippen molar-refractivity contribution in [3.63, 3.8) is 0 Å². The van der Waals surface area contributed by atoms with Gasteiger partial charge in [0, 0.05) is 14.5 Å². The number of hydrogen-bond acceptors (Lipinski definition) is 2. The average molecular weight is 409 g/mol. The van der Waals surface area contributed by atoms with Crippen molar-refractivity contribution < 1.29 is 8.42 Å². The van der Waals surface area contributed by atoms with E-state index in [1.54, 1.807) is 19.1 Å². The minimum atomic E-state index is -3.70. The molecular weight excluding hydrogens is 397 g/mol. The molecule has 0 unspecified atom stereocenters. The number of rotatable bonds is 3. The summed E-state index contributed by atoms with van der Waals surface area (Å²) >= 11 is 15.1. The van der Waals surface area contributed by atoms with Crippen LogP contribution in [0.25, 0.3) is 0 Å². The third-order valence-electron chi connectivity index (χ3n) is 2.86. The summed E-state index contributed by atoms with van der Waals surface area (Å²) in [4.78, 5) is 0.222. The van der Waals surface area contributed by atoms with Crippen LogP contribution in [0.2, 0.25) is 10.0 Å². The fourth-order valence-electron chi connectivity index (χ4n) is 1.87. The van der Waals surface area contributed by atoms with Gasteiger partial charge < -0.3 is 0 Å². The van der Waals surface area contributed by atoms with Crippen molar-refractivity contribution in [2.24, 2.45) is 0 Å². The average Bonchev–Trinajstić information content (AvgIpc) is 2.31. The van der Waals surface area contributed by atoms with E-state index in [9.17, 15) is 8.42 Å². The van der Waals surface area contributed by atoms with Crippen molar-refractivity contribution in [2.45, 2.75) is 18.7 Å². The maximum absolute atomic E-state index is 12.5. The molecule has 0 fully saturated rings. The molecule has 0 aliphatic rings. The lowest BCUT2D eigenvalue weighted by molar-refractivity contribution is 0.600. The highest BCUT2D eigenvalue weighted by Gasteiger charge is 2.18. The van der Waals surface area contributed by atoms with Gasteiger partial charge in [-0.1, -0.05) is 39.1 Å². The summed E-state index contributed by atoms with van der Waals surface area (Å²) in [5.41, 5.74) is 1.81. The topological polar surface area (TPSA) is 46.2 Å². The summed E-state index contributed by atoms with van der Waals surface area (Å²) < 4.78 is 28.3. The van der Waals surface area contributed by atoms with E-state index in [1.807, 2.05) is 6.92 Å². The van der Waals surface area contributed by atoms with Gasteiger partial charge >= 0.3 is 0 Å². The van der Waals surface area contributed by atoms with Gasteiger partial charge in [0.1, 0.15) is 0 Å². The molecule has 0 aliphatic heterocycles. The van der Waals surface area contributed by atoms with Gasteiger partial charge in [-0.2, -0.15) is 0 Å². The number of sulfonamides is 1. The molecule has 0 saturated carbocycles. The van der Waals surface area contributed by atoms with Gasteiger partial charge in [-0.3, -0.25) is 4.72 Å². The third kappa shape index (κ3) is 3.92. The molecule has 0 radical (unpaired) electrons. The Hall–Kier alpha value is -0.750. The Bertz CT molecular complexity index is 787. The first-order valence-electron chi connectivity index (χ1n) is 5.95. The zero-order chi connectivity index (χ0) is 15.8. The monoisotopic (exact) mass is 407 g/mol. The van der Waals surface area contributed by atoms with Crippen LogP contribution in [0, 0.1) is 13.8 Å². The Morgan fingerprint density at radius 2 is 1.52 bits per heavy atom. The highest BCUT2D eigenvalue weighted by molar-refractivity contribution is 9.10. The van der Waals surface area contributed by atoms with Crippen molar-refractivity contribution >= 4 is 54.8 Å². The van der Waals surface area contributed by atoms with Crippen molar-refractivity contribution in [1.82, 2.24) is 0 Å². The fraction of sp³-hybridized carbons (Fsp3) is 0.143. The molecule has 0 saturated heterocycles. The quantitative estimate of drug-likeness (QED) is 0.760. The molecule has 112 valence electrons. The smallest absolute Gasteiger partial charge is 0.262 e. The second-order valence-corrected chi connectivity index (χ2v) is 8.01. The highest BCUT2D eigenvalue weighted by atomic mass is 79.9. The Morgan fingerprint density at radius 1 is 0.952 bits per heavy atom. The number of halogens is 3. The van der Waals surface area contributed by atoms with Gasteiger partial charge in [-0.25, -0.2) is 8.42 Å². The lowest BCUT2D eigenvalue weighted by Crippen LogP contribution is -2.14. The van der Waals surface area contributed by atoms with Gasteiger partial charge in [0.2, 0.25) is 0 Å². The number of anilines is 1. The summed E-state index contributed by atoms with van der Waals surface area (Å²) in [7, 11) is -3.70. The summed E-state index contributed by atoms with van der Waals surface area (Å²) in [5.74, 6) is 0. The minimum absolute atomic E-state index is 0.222. The summed E-state index contributed by atoms with van der Waals surface area (Å²) in [6, 6.07) is 7.94. The molecular formula is C14H12BrCl2NO2S. The van der Waals surface area contributed by atoms with Crippen LogP contribution < -0.4 is 4.72 Å². The van der Waals surface area contributed by atoms with Crippen LogP contribution in [0.4, 0.5) is 5.69 Å². The molecule has 3 nitrogen and oxygen atoms in total. The van der Waals surface area contributed by atoms with E-state index in [4.69, 9.17) is 23.2 Å². The highest BCUT2D eigenvalue weighted by Crippen LogP contribution is 2.28. The number of nitrogens with one attached hydrogen (secondary N) is 1. The van der Waals surface area contributed by atoms with Gasteiger partial charge in [-0.05, 0) is 55.3 Å². The normalized spacial score (nSPS) is 11.5. The van der Waals surface area contributed by atoms with Gasteiger partial charge in [-0.15, -0.1) is 0 Å². The molecule has 0 aliphatic carbocycles. The van der Waals surface area contributed by atoms with Crippen LogP contribution in [0.5, 0.6) is 0 Å². The lowest BCUT2D eigenvalue weighted by atomic mass is 10.2. The van der Waals surface area contributed by atoms with Gasteiger partial charge in [0.15, 0.2) is 0 Å². The van der Waals surface area contributed by atoms with Crippen LogP contribution in [0.1, 0.15) is 11.1 Å². The van der Waals surface area contributed by atoms with Crippen LogP contribution >= 0.6 is 39.1 Å². The SMILES string of the molecule is Cc1cc(S(=O)(=O)Nc2cc(Cl)cc(Cl)c2)c(C)cc1Br. The first-order valence-corrected chi connectivity index (χ1v) is 8.98. The van der Waals surface area contributed by atoms with E-state index in [2.05, 4.69) is 20.7 Å². The molecule has 0 spiro atoms. The molecule has 0 atom stereocenters. The van der Waals surface area contributed by atoms with Crippen molar-refractivity contribution in [1.29, 1.82) is 0 Å². The van der Waals surface area contributed by atoms with Crippen molar-refractivity contribution in [3.05, 3.63) is 56.0 Å². The molecule has 0 amide bonds. The molecule has 2 aromatic carbocycles. The predicted octanol–water partition coefficient (Wildman–Crippen LogP) is 5.17. The van der Waals surface area contributed by atoms with Crippen LogP contribution in [0.15, 0.2) is 39.7 Å². The Morgan fingerprint density at radius 3 is 2.10 bits per heavy atom. The predicted molar refractivity (Wildman–Crippen MR) is 90.9 cm³/mol. The maximum atomic E-state index is 12.5. The maximum Gasteiger partial charge on any atom is 0.262 e. The molecule has 0 heterocycles.